The van der Waals surface area contributed by atoms with Gasteiger partial charge in [0.15, 0.2) is 0 Å². The van der Waals surface area contributed by atoms with Crippen molar-refractivity contribution in [1.82, 2.24) is 15.2 Å². The van der Waals surface area contributed by atoms with Crippen LogP contribution in [-0.2, 0) is 5.54 Å². The van der Waals surface area contributed by atoms with E-state index in [0.717, 1.165) is 30.5 Å². The highest BCUT2D eigenvalue weighted by Crippen LogP contribution is 2.43. The minimum Gasteiger partial charge on any atom is -0.481 e. The fraction of sp³-hybridized carbons (Fsp3) is 0.238. The van der Waals surface area contributed by atoms with E-state index in [4.69, 9.17) is 10.5 Å². The molecule has 28 heavy (non-hydrogen) atoms. The van der Waals surface area contributed by atoms with E-state index >= 15 is 0 Å². The summed E-state index contributed by atoms with van der Waals surface area (Å²) < 4.78 is 5.26. The molecule has 0 spiro atoms. The quantitative estimate of drug-likeness (QED) is 0.686. The SMILES string of the molecule is COc1cccc(C2(Nc3ccc(-c4cccc(C(N)=O)c4)nn3)CCC2)n1. The molecule has 0 saturated heterocycles. The third-order valence-corrected chi connectivity index (χ3v) is 5.10. The van der Waals surface area contributed by atoms with Gasteiger partial charge in [-0.3, -0.25) is 4.79 Å². The molecule has 4 rings (SSSR count). The second kappa shape index (κ2) is 7.26. The van der Waals surface area contributed by atoms with Crippen molar-refractivity contribution in [2.75, 3.05) is 12.4 Å². The molecule has 0 radical (unpaired) electrons. The van der Waals surface area contributed by atoms with E-state index in [-0.39, 0.29) is 5.54 Å². The number of benzene rings is 1. The monoisotopic (exact) mass is 375 g/mol. The summed E-state index contributed by atoms with van der Waals surface area (Å²) in [4.78, 5) is 16.0. The number of methoxy groups -OCH3 is 1. The Hall–Kier alpha value is -3.48. The number of anilines is 1. The van der Waals surface area contributed by atoms with Crippen LogP contribution in [0.3, 0.4) is 0 Å². The van der Waals surface area contributed by atoms with Crippen molar-refractivity contribution in [2.24, 2.45) is 5.73 Å². The van der Waals surface area contributed by atoms with Gasteiger partial charge in [0.25, 0.3) is 0 Å². The van der Waals surface area contributed by atoms with E-state index < -0.39 is 5.91 Å². The third kappa shape index (κ3) is 3.38. The van der Waals surface area contributed by atoms with Crippen LogP contribution in [0.25, 0.3) is 11.3 Å². The van der Waals surface area contributed by atoms with Gasteiger partial charge in [-0.2, -0.15) is 0 Å². The first-order chi connectivity index (χ1) is 13.6. The summed E-state index contributed by atoms with van der Waals surface area (Å²) in [6.45, 7) is 0. The van der Waals surface area contributed by atoms with E-state index in [1.807, 2.05) is 36.4 Å². The number of pyridine rings is 1. The Kier molecular flexibility index (Phi) is 4.65. The molecule has 1 fully saturated rings. The molecular weight excluding hydrogens is 354 g/mol. The second-order valence-corrected chi connectivity index (χ2v) is 6.87. The number of rotatable bonds is 6. The molecule has 0 unspecified atom stereocenters. The molecule has 7 nitrogen and oxygen atoms in total. The van der Waals surface area contributed by atoms with Crippen LogP contribution >= 0.6 is 0 Å². The number of hydrogen-bond acceptors (Lipinski definition) is 6. The van der Waals surface area contributed by atoms with Crippen LogP contribution in [0, 0.1) is 0 Å². The predicted octanol–water partition coefficient (Wildman–Crippen LogP) is 3.14. The molecule has 3 aromatic rings. The maximum absolute atomic E-state index is 11.4. The first-order valence-electron chi connectivity index (χ1n) is 9.13. The largest absolute Gasteiger partial charge is 0.481 e. The Bertz CT molecular complexity index is 1000. The lowest BCUT2D eigenvalue weighted by atomic mass is 9.74. The number of carbonyl (C=O) groups is 1. The Labute approximate surface area is 163 Å². The van der Waals surface area contributed by atoms with E-state index in [9.17, 15) is 4.79 Å². The van der Waals surface area contributed by atoms with Gasteiger partial charge in [-0.1, -0.05) is 18.2 Å². The van der Waals surface area contributed by atoms with E-state index in [1.54, 1.807) is 25.3 Å². The molecule has 1 amide bonds. The summed E-state index contributed by atoms with van der Waals surface area (Å²) >= 11 is 0. The molecule has 7 heteroatoms. The summed E-state index contributed by atoms with van der Waals surface area (Å²) in [5, 5.41) is 12.1. The average Bonchev–Trinajstić information content (AvgIpc) is 2.71. The molecule has 0 bridgehead atoms. The van der Waals surface area contributed by atoms with Gasteiger partial charge in [0.05, 0.1) is 24.0 Å². The summed E-state index contributed by atoms with van der Waals surface area (Å²) in [7, 11) is 1.62. The maximum Gasteiger partial charge on any atom is 0.248 e. The van der Waals surface area contributed by atoms with Gasteiger partial charge in [0, 0.05) is 17.2 Å². The zero-order valence-corrected chi connectivity index (χ0v) is 15.6. The van der Waals surface area contributed by atoms with E-state index in [1.165, 1.54) is 0 Å². The number of hydrogen-bond donors (Lipinski definition) is 2. The van der Waals surface area contributed by atoms with Crippen molar-refractivity contribution < 1.29 is 9.53 Å². The number of carbonyl (C=O) groups excluding carboxylic acids is 1. The number of ether oxygens (including phenoxy) is 1. The number of nitrogens with one attached hydrogen (secondary N) is 1. The molecular formula is C21H21N5O2. The molecule has 3 N–H and O–H groups in total. The number of nitrogens with two attached hydrogens (primary N) is 1. The molecule has 2 aromatic heterocycles. The summed E-state index contributed by atoms with van der Waals surface area (Å²) in [5.41, 5.74) is 7.96. The van der Waals surface area contributed by atoms with E-state index in [0.29, 0.717) is 23.0 Å². The fourth-order valence-electron chi connectivity index (χ4n) is 3.40. The van der Waals surface area contributed by atoms with Gasteiger partial charge in [-0.05, 0) is 49.6 Å². The van der Waals surface area contributed by atoms with Crippen LogP contribution < -0.4 is 15.8 Å². The normalized spacial score (nSPS) is 14.8. The Morgan fingerprint density at radius 3 is 2.57 bits per heavy atom. The van der Waals surface area contributed by atoms with Crippen molar-refractivity contribution in [1.29, 1.82) is 0 Å². The van der Waals surface area contributed by atoms with Crippen LogP contribution in [0.5, 0.6) is 5.88 Å². The minimum atomic E-state index is -0.467. The molecule has 1 aromatic carbocycles. The zero-order valence-electron chi connectivity index (χ0n) is 15.6. The predicted molar refractivity (Wildman–Crippen MR) is 106 cm³/mol. The van der Waals surface area contributed by atoms with Crippen LogP contribution in [0.4, 0.5) is 5.82 Å². The highest BCUT2D eigenvalue weighted by molar-refractivity contribution is 5.93. The lowest BCUT2D eigenvalue weighted by molar-refractivity contribution is 0.100. The van der Waals surface area contributed by atoms with Crippen LogP contribution in [-0.4, -0.2) is 28.2 Å². The van der Waals surface area contributed by atoms with Gasteiger partial charge < -0.3 is 15.8 Å². The van der Waals surface area contributed by atoms with Crippen molar-refractivity contribution in [3.63, 3.8) is 0 Å². The first-order valence-corrected chi connectivity index (χ1v) is 9.13. The number of primary amides is 1. The zero-order chi connectivity index (χ0) is 19.6. The van der Waals surface area contributed by atoms with Crippen LogP contribution in [0.15, 0.2) is 54.6 Å². The van der Waals surface area contributed by atoms with Gasteiger partial charge in [0.1, 0.15) is 5.82 Å². The van der Waals surface area contributed by atoms with Crippen molar-refractivity contribution in [2.45, 2.75) is 24.8 Å². The smallest absolute Gasteiger partial charge is 0.248 e. The Balaban J connectivity index is 1.57. The highest BCUT2D eigenvalue weighted by Gasteiger charge is 2.40. The van der Waals surface area contributed by atoms with Crippen LogP contribution in [0.2, 0.25) is 0 Å². The minimum absolute atomic E-state index is 0.253. The third-order valence-electron chi connectivity index (χ3n) is 5.10. The summed E-state index contributed by atoms with van der Waals surface area (Å²) in [6, 6.07) is 16.6. The molecule has 0 aliphatic heterocycles. The lowest BCUT2D eigenvalue weighted by Gasteiger charge is -2.42. The van der Waals surface area contributed by atoms with Gasteiger partial charge in [0.2, 0.25) is 11.8 Å². The number of nitrogens with zero attached hydrogens (tertiary/aromatic N) is 3. The maximum atomic E-state index is 11.4. The van der Waals surface area contributed by atoms with Crippen molar-refractivity contribution in [3.05, 3.63) is 65.9 Å². The highest BCUT2D eigenvalue weighted by atomic mass is 16.5. The van der Waals surface area contributed by atoms with Crippen molar-refractivity contribution in [3.8, 4) is 17.1 Å². The molecule has 142 valence electrons. The topological polar surface area (TPSA) is 103 Å². The van der Waals surface area contributed by atoms with Crippen molar-refractivity contribution >= 4 is 11.7 Å². The first kappa shape index (κ1) is 17.9. The molecule has 1 aliphatic carbocycles. The van der Waals surface area contributed by atoms with Crippen LogP contribution in [0.1, 0.15) is 35.3 Å². The summed E-state index contributed by atoms with van der Waals surface area (Å²) in [5.74, 6) is 0.811. The second-order valence-electron chi connectivity index (χ2n) is 6.87. The number of amides is 1. The van der Waals surface area contributed by atoms with Gasteiger partial charge in [-0.15, -0.1) is 10.2 Å². The fourth-order valence-corrected chi connectivity index (χ4v) is 3.40. The molecule has 1 aliphatic rings. The lowest BCUT2D eigenvalue weighted by Crippen LogP contribution is -2.43. The Morgan fingerprint density at radius 2 is 1.93 bits per heavy atom. The molecule has 2 heterocycles. The van der Waals surface area contributed by atoms with Gasteiger partial charge in [-0.25, -0.2) is 4.98 Å². The van der Waals surface area contributed by atoms with E-state index in [2.05, 4.69) is 20.5 Å². The standard InChI is InChI=1S/C21H21N5O2/c1-28-19-8-3-7-17(23-19)21(11-4-12-21)24-18-10-9-16(25-26-18)14-5-2-6-15(13-14)20(22)27/h2-3,5-10,13H,4,11-12H2,1H3,(H2,22,27)(H,24,26). The molecule has 0 atom stereocenters. The number of aromatic nitrogens is 3. The van der Waals surface area contributed by atoms with Gasteiger partial charge >= 0.3 is 0 Å². The Morgan fingerprint density at radius 1 is 1.11 bits per heavy atom. The molecule has 1 saturated carbocycles. The summed E-state index contributed by atoms with van der Waals surface area (Å²) in [6.07, 6.45) is 3.06. The average molecular weight is 375 g/mol.